The molecule has 0 atom stereocenters. The van der Waals surface area contributed by atoms with Crippen molar-refractivity contribution >= 4 is 82.9 Å². The third kappa shape index (κ3) is 3.32. The molecule has 3 aromatic heterocycles. The Bertz CT molecular complexity index is 2930. The first kappa shape index (κ1) is 24.8. The topological polar surface area (TPSA) is 55.3 Å². The van der Waals surface area contributed by atoms with Gasteiger partial charge in [0, 0.05) is 32.7 Å². The van der Waals surface area contributed by atoms with E-state index in [1.165, 1.54) is 32.7 Å². The standard InChI is InChI=1S/C42H23N3O2/c1-2-13-26-24(10-1)22-23-32-37(26)29-16-7-11-25-12-8-18-31(36(25)29)45(32)42-43-39-28-15-4-6-20-34(28)47-41(39)40(44-42)30-17-9-21-35-38(30)27-14-3-5-19-33(27)46-35/h1-23H. The highest BCUT2D eigenvalue weighted by Crippen LogP contribution is 2.53. The van der Waals surface area contributed by atoms with Crippen LogP contribution in [0.4, 0.5) is 17.3 Å². The van der Waals surface area contributed by atoms with Crippen LogP contribution in [0.1, 0.15) is 0 Å². The molecule has 7 aromatic carbocycles. The van der Waals surface area contributed by atoms with Crippen molar-refractivity contribution in [1.82, 2.24) is 9.97 Å². The summed E-state index contributed by atoms with van der Waals surface area (Å²) < 4.78 is 12.9. The van der Waals surface area contributed by atoms with Crippen LogP contribution in [-0.2, 0) is 0 Å². The molecule has 0 N–H and O–H groups in total. The molecule has 5 heteroatoms. The Labute approximate surface area is 267 Å². The second-order valence-corrected chi connectivity index (χ2v) is 12.1. The van der Waals surface area contributed by atoms with E-state index in [4.69, 9.17) is 18.8 Å². The molecule has 0 radical (unpaired) electrons. The fourth-order valence-electron chi connectivity index (χ4n) is 7.62. The van der Waals surface area contributed by atoms with E-state index in [9.17, 15) is 0 Å². The molecular formula is C42H23N3O2. The first-order valence-corrected chi connectivity index (χ1v) is 15.8. The van der Waals surface area contributed by atoms with Crippen LogP contribution in [-0.4, -0.2) is 9.97 Å². The molecule has 0 amide bonds. The lowest BCUT2D eigenvalue weighted by Crippen LogP contribution is -2.18. The Hall–Kier alpha value is -6.46. The molecule has 47 heavy (non-hydrogen) atoms. The van der Waals surface area contributed by atoms with Crippen molar-refractivity contribution in [2.45, 2.75) is 0 Å². The number of rotatable bonds is 2. The molecule has 1 aliphatic rings. The van der Waals surface area contributed by atoms with Crippen molar-refractivity contribution in [2.75, 3.05) is 4.90 Å². The molecule has 0 saturated carbocycles. The minimum atomic E-state index is 0.586. The van der Waals surface area contributed by atoms with E-state index in [1.807, 2.05) is 48.5 Å². The number of fused-ring (bicyclic) bond motifs is 10. The van der Waals surface area contributed by atoms with Gasteiger partial charge in [-0.25, -0.2) is 9.97 Å². The van der Waals surface area contributed by atoms with Gasteiger partial charge in [0.05, 0.1) is 11.4 Å². The van der Waals surface area contributed by atoms with Crippen LogP contribution in [0.15, 0.2) is 148 Å². The van der Waals surface area contributed by atoms with Gasteiger partial charge in [0.2, 0.25) is 5.95 Å². The van der Waals surface area contributed by atoms with Crippen molar-refractivity contribution in [3.05, 3.63) is 140 Å². The number of aromatic nitrogens is 2. The molecule has 0 saturated heterocycles. The summed E-state index contributed by atoms with van der Waals surface area (Å²) in [5.41, 5.74) is 10.0. The fraction of sp³-hybridized carbons (Fsp3) is 0. The smallest absolute Gasteiger partial charge is 0.236 e. The van der Waals surface area contributed by atoms with E-state index in [0.29, 0.717) is 11.5 Å². The van der Waals surface area contributed by atoms with Gasteiger partial charge in [-0.15, -0.1) is 0 Å². The predicted octanol–water partition coefficient (Wildman–Crippen LogP) is 11.7. The lowest BCUT2D eigenvalue weighted by molar-refractivity contribution is 0.667. The van der Waals surface area contributed by atoms with Crippen molar-refractivity contribution in [1.29, 1.82) is 0 Å². The van der Waals surface area contributed by atoms with Crippen LogP contribution in [0, 0.1) is 0 Å². The first-order valence-electron chi connectivity index (χ1n) is 15.8. The molecule has 0 aliphatic carbocycles. The largest absolute Gasteiger partial charge is 0.456 e. The number of para-hydroxylation sites is 2. The number of hydrogen-bond acceptors (Lipinski definition) is 5. The van der Waals surface area contributed by atoms with Gasteiger partial charge in [0.15, 0.2) is 5.58 Å². The second-order valence-electron chi connectivity index (χ2n) is 12.1. The van der Waals surface area contributed by atoms with E-state index in [-0.39, 0.29) is 0 Å². The highest BCUT2D eigenvalue weighted by Gasteiger charge is 2.31. The number of benzene rings is 7. The van der Waals surface area contributed by atoms with Crippen LogP contribution < -0.4 is 4.90 Å². The summed E-state index contributed by atoms with van der Waals surface area (Å²) in [7, 11) is 0. The van der Waals surface area contributed by atoms with Gasteiger partial charge in [-0.2, -0.15) is 0 Å². The zero-order valence-electron chi connectivity index (χ0n) is 24.9. The summed E-state index contributed by atoms with van der Waals surface area (Å²) in [6.45, 7) is 0. The molecule has 0 fully saturated rings. The van der Waals surface area contributed by atoms with Crippen LogP contribution in [0.3, 0.4) is 0 Å². The Kier molecular flexibility index (Phi) is 4.78. The average Bonchev–Trinajstić information content (AvgIpc) is 3.70. The van der Waals surface area contributed by atoms with E-state index in [1.54, 1.807) is 0 Å². The first-order chi connectivity index (χ1) is 23.3. The molecule has 218 valence electrons. The molecule has 10 aromatic rings. The van der Waals surface area contributed by atoms with Crippen molar-refractivity contribution < 1.29 is 8.83 Å². The number of furan rings is 2. The molecule has 0 unspecified atom stereocenters. The summed E-state index contributed by atoms with van der Waals surface area (Å²) in [5, 5.41) is 7.74. The second kappa shape index (κ2) is 9.05. The maximum Gasteiger partial charge on any atom is 0.236 e. The van der Waals surface area contributed by atoms with E-state index in [0.717, 1.165) is 61.1 Å². The molecular weight excluding hydrogens is 578 g/mol. The minimum absolute atomic E-state index is 0.586. The van der Waals surface area contributed by atoms with Crippen LogP contribution in [0.5, 0.6) is 0 Å². The van der Waals surface area contributed by atoms with Gasteiger partial charge in [-0.05, 0) is 58.1 Å². The van der Waals surface area contributed by atoms with Crippen LogP contribution in [0.25, 0.3) is 87.9 Å². The third-order valence-corrected chi connectivity index (χ3v) is 9.61. The molecule has 1 aliphatic heterocycles. The Balaban J connectivity index is 1.30. The minimum Gasteiger partial charge on any atom is -0.456 e. The van der Waals surface area contributed by atoms with E-state index < -0.39 is 0 Å². The summed E-state index contributed by atoms with van der Waals surface area (Å²) in [6, 6.07) is 48.4. The monoisotopic (exact) mass is 601 g/mol. The van der Waals surface area contributed by atoms with E-state index in [2.05, 4.69) is 95.9 Å². The SMILES string of the molecule is c1ccc2c3c(ccc2c1)N(c1nc(-c2cccc4oc5ccccc5c24)c2oc4ccccc4c2n1)c1cccc2cccc-3c12. The predicted molar refractivity (Wildman–Crippen MR) is 191 cm³/mol. The summed E-state index contributed by atoms with van der Waals surface area (Å²) in [5.74, 6) is 0.586. The Morgan fingerprint density at radius 3 is 2.02 bits per heavy atom. The maximum atomic E-state index is 6.58. The van der Waals surface area contributed by atoms with Crippen molar-refractivity contribution in [2.24, 2.45) is 0 Å². The van der Waals surface area contributed by atoms with Crippen molar-refractivity contribution in [3.63, 3.8) is 0 Å². The lowest BCUT2D eigenvalue weighted by Gasteiger charge is -2.32. The van der Waals surface area contributed by atoms with Gasteiger partial charge in [0.25, 0.3) is 0 Å². The highest BCUT2D eigenvalue weighted by atomic mass is 16.3. The van der Waals surface area contributed by atoms with Gasteiger partial charge in [-0.1, -0.05) is 103 Å². The molecule has 11 rings (SSSR count). The third-order valence-electron chi connectivity index (χ3n) is 9.61. The Morgan fingerprint density at radius 1 is 0.447 bits per heavy atom. The summed E-state index contributed by atoms with van der Waals surface area (Å²) in [4.78, 5) is 13.0. The maximum absolute atomic E-state index is 6.58. The van der Waals surface area contributed by atoms with Gasteiger partial charge in [0.1, 0.15) is 28.0 Å². The zero-order valence-corrected chi connectivity index (χ0v) is 24.9. The van der Waals surface area contributed by atoms with Crippen molar-refractivity contribution in [3.8, 4) is 22.4 Å². The van der Waals surface area contributed by atoms with Crippen LogP contribution >= 0.6 is 0 Å². The number of anilines is 3. The molecule has 0 bridgehead atoms. The zero-order chi connectivity index (χ0) is 30.6. The fourth-order valence-corrected chi connectivity index (χ4v) is 7.62. The lowest BCUT2D eigenvalue weighted by atomic mass is 9.88. The summed E-state index contributed by atoms with van der Waals surface area (Å²) in [6.07, 6.45) is 0. The van der Waals surface area contributed by atoms with Gasteiger partial charge >= 0.3 is 0 Å². The number of hydrogen-bond donors (Lipinski definition) is 0. The molecule has 0 spiro atoms. The molecule has 5 nitrogen and oxygen atoms in total. The highest BCUT2D eigenvalue weighted by molar-refractivity contribution is 6.20. The summed E-state index contributed by atoms with van der Waals surface area (Å²) >= 11 is 0. The Morgan fingerprint density at radius 2 is 1.13 bits per heavy atom. The molecule has 4 heterocycles. The average molecular weight is 602 g/mol. The van der Waals surface area contributed by atoms with E-state index >= 15 is 0 Å². The van der Waals surface area contributed by atoms with Gasteiger partial charge < -0.3 is 8.83 Å². The van der Waals surface area contributed by atoms with Gasteiger partial charge in [-0.3, -0.25) is 4.90 Å². The number of nitrogens with zero attached hydrogens (tertiary/aromatic N) is 3. The normalized spacial score (nSPS) is 12.6. The quantitative estimate of drug-likeness (QED) is 0.197. The van der Waals surface area contributed by atoms with Crippen LogP contribution in [0.2, 0.25) is 0 Å².